The number of hydrogen-bond donors (Lipinski definition) is 2. The molecule has 5 rings (SSSR count). The van der Waals surface area contributed by atoms with Crippen LogP contribution in [0.15, 0.2) is 30.4 Å². The van der Waals surface area contributed by atoms with Gasteiger partial charge in [0.25, 0.3) is 0 Å². The first-order valence-corrected chi connectivity index (χ1v) is 10.8. The Labute approximate surface area is 181 Å². The maximum Gasteiger partial charge on any atom is 0.328 e. The molecule has 2 unspecified atom stereocenters. The molecule has 1 aromatic rings. The molecule has 4 fully saturated rings. The Hall–Kier alpha value is -1.56. The predicted molar refractivity (Wildman–Crippen MR) is 114 cm³/mol. The van der Waals surface area contributed by atoms with Gasteiger partial charge in [-0.2, -0.15) is 0 Å². The first-order chi connectivity index (χ1) is 13.8. The van der Waals surface area contributed by atoms with Crippen molar-refractivity contribution in [3.8, 4) is 0 Å². The van der Waals surface area contributed by atoms with Crippen LogP contribution in [0.4, 0.5) is 0 Å². The lowest BCUT2D eigenvalue weighted by molar-refractivity contribution is -0.134. The average molecular weight is 440 g/mol. The molecule has 5 nitrogen and oxygen atoms in total. The van der Waals surface area contributed by atoms with Gasteiger partial charge in [-0.3, -0.25) is 0 Å². The lowest BCUT2D eigenvalue weighted by Gasteiger charge is -2.54. The third-order valence-corrected chi connectivity index (χ3v) is 7.68. The summed E-state index contributed by atoms with van der Waals surface area (Å²) in [4.78, 5) is 21.8. The number of halogens is 2. The molecule has 1 aliphatic heterocycles. The van der Waals surface area contributed by atoms with E-state index in [1.807, 2.05) is 6.07 Å². The van der Waals surface area contributed by atoms with Crippen molar-refractivity contribution in [3.63, 3.8) is 0 Å². The van der Waals surface area contributed by atoms with E-state index in [0.717, 1.165) is 22.8 Å². The van der Waals surface area contributed by atoms with Crippen molar-refractivity contribution in [2.24, 2.45) is 17.8 Å². The van der Waals surface area contributed by atoms with Crippen LogP contribution in [0.1, 0.15) is 38.2 Å². The minimum atomic E-state index is -1.26. The van der Waals surface area contributed by atoms with Gasteiger partial charge >= 0.3 is 11.9 Å². The summed E-state index contributed by atoms with van der Waals surface area (Å²) in [5, 5.41) is 17.0. The number of likely N-dealkylation sites (tertiary alicyclic amines) is 1. The van der Waals surface area contributed by atoms with Gasteiger partial charge in [0.15, 0.2) is 0 Å². The second kappa shape index (κ2) is 9.07. The van der Waals surface area contributed by atoms with Crippen molar-refractivity contribution >= 4 is 35.1 Å². The van der Waals surface area contributed by atoms with Gasteiger partial charge in [0.2, 0.25) is 0 Å². The van der Waals surface area contributed by atoms with Crippen LogP contribution in [-0.2, 0) is 15.0 Å². The third-order valence-electron chi connectivity index (χ3n) is 6.94. The normalized spacial score (nSPS) is 30.7. The smallest absolute Gasteiger partial charge is 0.328 e. The summed E-state index contributed by atoms with van der Waals surface area (Å²) in [6.07, 6.45) is 6.80. The van der Waals surface area contributed by atoms with Gasteiger partial charge in [0.1, 0.15) is 0 Å². The molecule has 0 aromatic heterocycles. The highest BCUT2D eigenvalue weighted by atomic mass is 35.5. The highest BCUT2D eigenvalue weighted by Crippen LogP contribution is 2.60. The first kappa shape index (κ1) is 22.1. The molecule has 29 heavy (non-hydrogen) atoms. The minimum absolute atomic E-state index is 0.339. The zero-order valence-corrected chi connectivity index (χ0v) is 18.0. The van der Waals surface area contributed by atoms with Gasteiger partial charge in [0.05, 0.1) is 10.0 Å². The summed E-state index contributed by atoms with van der Waals surface area (Å²) in [5.74, 6) is 0.0595. The third kappa shape index (κ3) is 4.47. The molecule has 2 N–H and O–H groups in total. The molecule has 0 radical (unpaired) electrons. The number of aliphatic carboxylic acids is 2. The number of carbonyl (C=O) groups is 2. The topological polar surface area (TPSA) is 77.8 Å². The zero-order chi connectivity index (χ0) is 21.2. The number of fused-ring (bicyclic) bond motifs is 2. The number of likely N-dealkylation sites (N-methyl/N-ethyl adjacent to an activating group) is 1. The van der Waals surface area contributed by atoms with Crippen LogP contribution in [0.3, 0.4) is 0 Å². The van der Waals surface area contributed by atoms with Crippen molar-refractivity contribution in [1.82, 2.24) is 4.90 Å². The predicted octanol–water partition coefficient (Wildman–Crippen LogP) is 4.71. The molecule has 1 aromatic carbocycles. The van der Waals surface area contributed by atoms with E-state index in [4.69, 9.17) is 33.4 Å². The Morgan fingerprint density at radius 1 is 1.10 bits per heavy atom. The van der Waals surface area contributed by atoms with Crippen LogP contribution in [0.5, 0.6) is 0 Å². The second-order valence-electron chi connectivity index (χ2n) is 8.22. The molecular formula is C22H27Cl2NO4. The molecule has 2 bridgehead atoms. The first-order valence-electron chi connectivity index (χ1n) is 10.1. The number of hydrogen-bond acceptors (Lipinski definition) is 3. The maximum atomic E-state index is 9.55. The van der Waals surface area contributed by atoms with E-state index >= 15 is 0 Å². The Balaban J connectivity index is 0.000000258. The van der Waals surface area contributed by atoms with E-state index in [1.54, 1.807) is 0 Å². The van der Waals surface area contributed by atoms with Gasteiger partial charge in [-0.05, 0) is 67.7 Å². The summed E-state index contributed by atoms with van der Waals surface area (Å²) in [6, 6.07) is 6.42. The number of carboxylic acid groups (broad SMARTS) is 2. The quantitative estimate of drug-likeness (QED) is 0.663. The number of benzene rings is 1. The monoisotopic (exact) mass is 439 g/mol. The fraction of sp³-hybridized carbons (Fsp3) is 0.545. The molecule has 3 aliphatic carbocycles. The molecule has 1 saturated heterocycles. The van der Waals surface area contributed by atoms with E-state index in [9.17, 15) is 9.59 Å². The zero-order valence-electron chi connectivity index (χ0n) is 16.5. The maximum absolute atomic E-state index is 9.55. The van der Waals surface area contributed by atoms with Gasteiger partial charge in [0, 0.05) is 30.7 Å². The number of rotatable bonds is 4. The van der Waals surface area contributed by atoms with Gasteiger partial charge in [-0.25, -0.2) is 9.59 Å². The number of carboxylic acids is 2. The SMILES string of the molecule is CCN1CC2C3CCC(CC3)C2(c2ccc(Cl)c(Cl)c2)C1.O=C(O)/C=C/C(=O)O. The second-order valence-corrected chi connectivity index (χ2v) is 9.04. The minimum Gasteiger partial charge on any atom is -0.478 e. The molecule has 3 saturated carbocycles. The Morgan fingerprint density at radius 2 is 1.72 bits per heavy atom. The molecule has 2 atom stereocenters. The van der Waals surface area contributed by atoms with Crippen LogP contribution in [0, 0.1) is 17.8 Å². The van der Waals surface area contributed by atoms with Crippen molar-refractivity contribution in [2.45, 2.75) is 38.0 Å². The van der Waals surface area contributed by atoms with E-state index in [1.165, 1.54) is 50.9 Å². The van der Waals surface area contributed by atoms with Crippen molar-refractivity contribution in [3.05, 3.63) is 46.0 Å². The molecular weight excluding hydrogens is 413 g/mol. The van der Waals surface area contributed by atoms with E-state index < -0.39 is 11.9 Å². The molecule has 1 heterocycles. The van der Waals surface area contributed by atoms with E-state index in [2.05, 4.69) is 24.0 Å². The lowest BCUT2D eigenvalue weighted by atomic mass is 9.49. The largest absolute Gasteiger partial charge is 0.478 e. The van der Waals surface area contributed by atoms with Gasteiger partial charge in [-0.15, -0.1) is 0 Å². The molecule has 4 aliphatic rings. The Morgan fingerprint density at radius 3 is 2.24 bits per heavy atom. The molecule has 158 valence electrons. The fourth-order valence-corrected chi connectivity index (χ4v) is 6.04. The van der Waals surface area contributed by atoms with Crippen LogP contribution in [0.25, 0.3) is 0 Å². The molecule has 0 spiro atoms. The molecule has 7 heteroatoms. The summed E-state index contributed by atoms with van der Waals surface area (Å²) in [6.45, 7) is 5.95. The van der Waals surface area contributed by atoms with E-state index in [0.29, 0.717) is 22.6 Å². The summed E-state index contributed by atoms with van der Waals surface area (Å²) >= 11 is 12.5. The lowest BCUT2D eigenvalue weighted by Crippen LogP contribution is -2.52. The van der Waals surface area contributed by atoms with Crippen molar-refractivity contribution in [2.75, 3.05) is 19.6 Å². The van der Waals surface area contributed by atoms with Crippen molar-refractivity contribution < 1.29 is 19.8 Å². The fourth-order valence-electron chi connectivity index (χ4n) is 5.74. The van der Waals surface area contributed by atoms with Crippen LogP contribution >= 0.6 is 23.2 Å². The van der Waals surface area contributed by atoms with Crippen LogP contribution in [-0.4, -0.2) is 46.7 Å². The summed E-state index contributed by atoms with van der Waals surface area (Å²) < 4.78 is 0. The van der Waals surface area contributed by atoms with Crippen LogP contribution in [0.2, 0.25) is 10.0 Å². The Kier molecular flexibility index (Phi) is 6.92. The number of nitrogens with zero attached hydrogens (tertiary/aromatic N) is 1. The Bertz CT molecular complexity index is 788. The van der Waals surface area contributed by atoms with E-state index in [-0.39, 0.29) is 0 Å². The standard InChI is InChI=1S/C18H23Cl2N.C4H4O4/c1-2-21-10-15-12-3-5-13(6-4-12)18(15,11-21)14-7-8-16(19)17(20)9-14;5-3(6)1-2-4(7)8/h7-9,12-13,15H,2-6,10-11H2,1H3;1-2H,(H,5,6)(H,7,8)/b;2-1+. The van der Waals surface area contributed by atoms with Gasteiger partial charge < -0.3 is 15.1 Å². The summed E-state index contributed by atoms with van der Waals surface area (Å²) in [5.41, 5.74) is 1.79. The molecule has 0 amide bonds. The summed E-state index contributed by atoms with van der Waals surface area (Å²) in [7, 11) is 0. The highest BCUT2D eigenvalue weighted by molar-refractivity contribution is 6.42. The average Bonchev–Trinajstić information content (AvgIpc) is 3.13. The highest BCUT2D eigenvalue weighted by Gasteiger charge is 2.59. The van der Waals surface area contributed by atoms with Crippen molar-refractivity contribution in [1.29, 1.82) is 0 Å². The van der Waals surface area contributed by atoms with Crippen LogP contribution < -0.4 is 0 Å². The van der Waals surface area contributed by atoms with Gasteiger partial charge in [-0.1, -0.05) is 36.2 Å².